The summed E-state index contributed by atoms with van der Waals surface area (Å²) < 4.78 is 11.7. The van der Waals surface area contributed by atoms with E-state index in [1.54, 1.807) is 12.1 Å². The van der Waals surface area contributed by atoms with Crippen LogP contribution in [-0.4, -0.2) is 7.28 Å². The molecule has 0 bridgehead atoms. The Hall–Kier alpha value is -0.525. The zero-order chi connectivity index (χ0) is 4.41. The Morgan fingerprint density at radius 3 is 2.67 bits per heavy atom. The van der Waals surface area contributed by atoms with Crippen molar-refractivity contribution in [2.75, 3.05) is 0 Å². The highest BCUT2D eigenvalue weighted by atomic mass is 19.1. The van der Waals surface area contributed by atoms with E-state index in [4.69, 9.17) is 0 Å². The Bertz CT molecular complexity index is 104. The van der Waals surface area contributed by atoms with E-state index in [0.717, 1.165) is 0 Å². The van der Waals surface area contributed by atoms with Gasteiger partial charge in [-0.2, -0.15) is 0 Å². The molecule has 0 fully saturated rings. The molecule has 0 amide bonds. The predicted molar refractivity (Wildman–Crippen MR) is 24.1 cm³/mol. The average molecular weight is 80.9 g/mol. The lowest BCUT2D eigenvalue weighted by Gasteiger charge is -1.70. The summed E-state index contributed by atoms with van der Waals surface area (Å²) in [7, 11) is 1.42. The van der Waals surface area contributed by atoms with Crippen molar-refractivity contribution in [3.8, 4) is 0 Å². The van der Waals surface area contributed by atoms with E-state index in [0.29, 0.717) is 0 Å². The molecule has 1 aliphatic heterocycles. The Balaban J connectivity index is 2.61. The third-order valence-electron chi connectivity index (χ3n) is 0.622. The van der Waals surface area contributed by atoms with Crippen LogP contribution in [0.15, 0.2) is 23.9 Å². The van der Waals surface area contributed by atoms with Gasteiger partial charge in [-0.3, -0.25) is 0 Å². The molecule has 0 N–H and O–H groups in total. The van der Waals surface area contributed by atoms with Crippen molar-refractivity contribution < 1.29 is 4.39 Å². The third-order valence-corrected chi connectivity index (χ3v) is 0.622. The van der Waals surface area contributed by atoms with Crippen LogP contribution in [0.3, 0.4) is 0 Å². The van der Waals surface area contributed by atoms with Crippen LogP contribution in [0.4, 0.5) is 4.39 Å². The zero-order valence-corrected chi connectivity index (χ0v) is 3.19. The molecular formula is C4H3BF. The van der Waals surface area contributed by atoms with Gasteiger partial charge >= 0.3 is 0 Å². The van der Waals surface area contributed by atoms with Gasteiger partial charge in [0.1, 0.15) is 0 Å². The van der Waals surface area contributed by atoms with Gasteiger partial charge in [0.25, 0.3) is 0 Å². The van der Waals surface area contributed by atoms with E-state index < -0.39 is 0 Å². The number of allylic oxidation sites excluding steroid dienone is 2. The fraction of sp³-hybridized carbons (Fsp3) is 0. The van der Waals surface area contributed by atoms with E-state index in [2.05, 4.69) is 0 Å². The van der Waals surface area contributed by atoms with Gasteiger partial charge in [0.05, 0.1) is 5.73 Å². The summed E-state index contributed by atoms with van der Waals surface area (Å²) in [4.78, 5) is 0. The number of halogens is 1. The lowest BCUT2D eigenvalue weighted by Crippen LogP contribution is -1.75. The van der Waals surface area contributed by atoms with Gasteiger partial charge < -0.3 is 0 Å². The summed E-state index contributed by atoms with van der Waals surface area (Å²) >= 11 is 0. The molecule has 0 aromatic carbocycles. The van der Waals surface area contributed by atoms with Crippen molar-refractivity contribution in [1.29, 1.82) is 0 Å². The van der Waals surface area contributed by atoms with Crippen molar-refractivity contribution in [3.63, 3.8) is 0 Å². The van der Waals surface area contributed by atoms with Crippen LogP contribution in [0.25, 0.3) is 0 Å². The lowest BCUT2D eigenvalue weighted by atomic mass is 9.81. The van der Waals surface area contributed by atoms with E-state index in [9.17, 15) is 4.39 Å². The van der Waals surface area contributed by atoms with Crippen molar-refractivity contribution in [2.24, 2.45) is 0 Å². The standard InChI is InChI=1S/C4H3BF/c6-4-2-1-3-5-4/h1-3H. The maximum Gasteiger partial charge on any atom is 0.221 e. The quantitative estimate of drug-likeness (QED) is 0.382. The molecule has 1 rings (SSSR count). The van der Waals surface area contributed by atoms with E-state index in [1.807, 2.05) is 0 Å². The van der Waals surface area contributed by atoms with Gasteiger partial charge in [-0.1, -0.05) is 6.08 Å². The minimum Gasteiger partial charge on any atom is -0.223 e. The molecule has 6 heavy (non-hydrogen) atoms. The Morgan fingerprint density at radius 2 is 2.50 bits per heavy atom. The molecule has 1 radical (unpaired) electrons. The van der Waals surface area contributed by atoms with Crippen LogP contribution in [0, 0.1) is 0 Å². The lowest BCUT2D eigenvalue weighted by molar-refractivity contribution is 0.694. The molecule has 0 aromatic rings. The van der Waals surface area contributed by atoms with Gasteiger partial charge in [0.2, 0.25) is 7.28 Å². The molecule has 0 saturated heterocycles. The first-order valence-electron chi connectivity index (χ1n) is 1.77. The van der Waals surface area contributed by atoms with Gasteiger partial charge in [-0.25, -0.2) is 4.39 Å². The molecule has 0 nitrogen and oxygen atoms in total. The van der Waals surface area contributed by atoms with Crippen molar-refractivity contribution in [3.05, 3.63) is 23.9 Å². The largest absolute Gasteiger partial charge is 0.223 e. The van der Waals surface area contributed by atoms with Crippen LogP contribution in [-0.2, 0) is 0 Å². The van der Waals surface area contributed by atoms with Gasteiger partial charge in [-0.15, -0.1) is 5.98 Å². The highest BCUT2D eigenvalue weighted by molar-refractivity contribution is 6.51. The molecule has 0 aliphatic carbocycles. The van der Waals surface area contributed by atoms with E-state index in [-0.39, 0.29) is 5.73 Å². The number of hydrogen-bond acceptors (Lipinski definition) is 0. The van der Waals surface area contributed by atoms with Crippen LogP contribution < -0.4 is 0 Å². The van der Waals surface area contributed by atoms with Crippen LogP contribution in [0.1, 0.15) is 0 Å². The second-order valence-corrected chi connectivity index (χ2v) is 1.10. The first kappa shape index (κ1) is 3.66. The van der Waals surface area contributed by atoms with Gasteiger partial charge in [0.15, 0.2) is 0 Å². The minimum atomic E-state index is -0.157. The molecule has 1 heterocycles. The molecule has 0 spiro atoms. The van der Waals surface area contributed by atoms with Crippen LogP contribution >= 0.6 is 0 Å². The third kappa shape index (κ3) is 0.508. The summed E-state index contributed by atoms with van der Waals surface area (Å²) in [5.41, 5.74) is -0.157. The van der Waals surface area contributed by atoms with Gasteiger partial charge in [0, 0.05) is 0 Å². The maximum atomic E-state index is 11.7. The Labute approximate surface area is 36.6 Å². The predicted octanol–water partition coefficient (Wildman–Crippen LogP) is 1.03. The molecule has 0 saturated carbocycles. The van der Waals surface area contributed by atoms with Crippen molar-refractivity contribution in [2.45, 2.75) is 0 Å². The Morgan fingerprint density at radius 1 is 1.67 bits per heavy atom. The molecular weight excluding hydrogens is 77.9 g/mol. The first-order chi connectivity index (χ1) is 2.89. The zero-order valence-electron chi connectivity index (χ0n) is 3.19. The van der Waals surface area contributed by atoms with Crippen molar-refractivity contribution in [1.82, 2.24) is 0 Å². The molecule has 1 aliphatic rings. The smallest absolute Gasteiger partial charge is 0.221 e. The summed E-state index contributed by atoms with van der Waals surface area (Å²) in [6.07, 6.45) is 3.08. The second kappa shape index (κ2) is 1.29. The fourth-order valence-electron chi connectivity index (χ4n) is 0.351. The topological polar surface area (TPSA) is 0 Å². The highest BCUT2D eigenvalue weighted by Crippen LogP contribution is 1.99. The summed E-state index contributed by atoms with van der Waals surface area (Å²) in [6, 6.07) is 0. The van der Waals surface area contributed by atoms with Crippen LogP contribution in [0.2, 0.25) is 0 Å². The fourth-order valence-corrected chi connectivity index (χ4v) is 0.351. The molecule has 0 unspecified atom stereocenters. The molecule has 0 atom stereocenters. The van der Waals surface area contributed by atoms with E-state index in [1.165, 1.54) is 13.4 Å². The second-order valence-electron chi connectivity index (χ2n) is 1.10. The molecule has 0 aromatic heterocycles. The van der Waals surface area contributed by atoms with E-state index >= 15 is 0 Å². The summed E-state index contributed by atoms with van der Waals surface area (Å²) in [5.74, 6) is 1.66. The monoisotopic (exact) mass is 81.0 g/mol. The minimum absolute atomic E-state index is 0.157. The molecule has 29 valence electrons. The maximum absolute atomic E-state index is 11.7. The van der Waals surface area contributed by atoms with Crippen LogP contribution in [0.5, 0.6) is 0 Å². The summed E-state index contributed by atoms with van der Waals surface area (Å²) in [5, 5.41) is 0. The number of rotatable bonds is 0. The SMILES string of the molecule is FC1=CC=C[B]1. The van der Waals surface area contributed by atoms with Crippen molar-refractivity contribution >= 4 is 7.28 Å². The summed E-state index contributed by atoms with van der Waals surface area (Å²) in [6.45, 7) is 0. The normalized spacial score (nSPS) is 17.2. The van der Waals surface area contributed by atoms with Gasteiger partial charge in [-0.05, 0) is 6.08 Å². The Kier molecular flexibility index (Phi) is 0.786. The average Bonchev–Trinajstić information content (AvgIpc) is 1.86. The first-order valence-corrected chi connectivity index (χ1v) is 1.77. The molecule has 2 heteroatoms. The highest BCUT2D eigenvalue weighted by Gasteiger charge is 1.94. The number of hydrogen-bond donors (Lipinski definition) is 0.